The van der Waals surface area contributed by atoms with E-state index in [4.69, 9.17) is 11.5 Å². The van der Waals surface area contributed by atoms with Gasteiger partial charge >= 0.3 is 11.7 Å². The van der Waals surface area contributed by atoms with E-state index in [0.29, 0.717) is 49.9 Å². The molecule has 1 atom stereocenters. The van der Waals surface area contributed by atoms with Crippen LogP contribution in [0.15, 0.2) is 41.3 Å². The molecule has 1 aromatic heterocycles. The van der Waals surface area contributed by atoms with Crippen LogP contribution in [0.5, 0.6) is 0 Å². The Morgan fingerprint density at radius 2 is 1.72 bits per heavy atom. The molecule has 2 heterocycles. The highest BCUT2D eigenvalue weighted by atomic mass is 16.2. The summed E-state index contributed by atoms with van der Waals surface area (Å²) in [5, 5.41) is 2.69. The fourth-order valence-corrected chi connectivity index (χ4v) is 5.19. The average molecular weight is 539 g/mol. The van der Waals surface area contributed by atoms with Crippen LogP contribution in [-0.2, 0) is 11.2 Å². The zero-order valence-electron chi connectivity index (χ0n) is 23.5. The first-order valence-corrected chi connectivity index (χ1v) is 13.7. The molecule has 1 saturated heterocycles. The van der Waals surface area contributed by atoms with Gasteiger partial charge in [0.25, 0.3) is 0 Å². The molecule has 2 aliphatic rings. The van der Waals surface area contributed by atoms with Gasteiger partial charge in [-0.15, -0.1) is 0 Å². The van der Waals surface area contributed by atoms with Crippen molar-refractivity contribution in [1.29, 1.82) is 0 Å². The fraction of sp³-hybridized carbons (Fsp3) is 0.571. The van der Waals surface area contributed by atoms with E-state index in [2.05, 4.69) is 29.2 Å². The molecule has 5 N–H and O–H groups in total. The van der Waals surface area contributed by atoms with E-state index in [1.165, 1.54) is 10.1 Å². The molecule has 11 heteroatoms. The molecule has 4 rings (SSSR count). The standard InChI is InChI=1S/C28H42N8O3/c1-19(33(4)18-21-16-22(29)17-21)15-20-5-7-23(8-6-20)36-10-9-24(32-27(36)39)31-26(38)35-13-11-34(12-14-35)25(37)28(2,3)30/h5-10,19,21-22H,11-18,29-30H2,1-4H3,(H,31,32,38,39)/t19?,21-,22-. The van der Waals surface area contributed by atoms with Crippen LogP contribution in [0.3, 0.4) is 0 Å². The molecule has 0 bridgehead atoms. The van der Waals surface area contributed by atoms with Crippen molar-refractivity contribution in [2.45, 2.75) is 57.7 Å². The molecule has 0 radical (unpaired) electrons. The van der Waals surface area contributed by atoms with Crippen molar-refractivity contribution in [3.05, 3.63) is 52.6 Å². The van der Waals surface area contributed by atoms with Gasteiger partial charge in [-0.3, -0.25) is 14.7 Å². The number of hydrogen-bond donors (Lipinski definition) is 3. The van der Waals surface area contributed by atoms with Crippen LogP contribution in [0.4, 0.5) is 10.6 Å². The summed E-state index contributed by atoms with van der Waals surface area (Å²) >= 11 is 0. The van der Waals surface area contributed by atoms with Crippen molar-refractivity contribution in [3.63, 3.8) is 0 Å². The third kappa shape index (κ3) is 7.23. The molecule has 1 unspecified atom stereocenters. The van der Waals surface area contributed by atoms with Gasteiger partial charge in [0.05, 0.1) is 11.2 Å². The van der Waals surface area contributed by atoms with Gasteiger partial charge in [0, 0.05) is 51.0 Å². The summed E-state index contributed by atoms with van der Waals surface area (Å²) in [6, 6.07) is 9.92. The Hall–Kier alpha value is -3.28. The number of piperazine rings is 1. The van der Waals surface area contributed by atoms with Crippen LogP contribution >= 0.6 is 0 Å². The smallest absolute Gasteiger partial charge is 0.338 e. The Labute approximate surface area is 230 Å². The number of anilines is 1. The summed E-state index contributed by atoms with van der Waals surface area (Å²) in [5.74, 6) is 0.743. The van der Waals surface area contributed by atoms with Crippen LogP contribution in [0.25, 0.3) is 5.69 Å². The minimum atomic E-state index is -0.946. The highest BCUT2D eigenvalue weighted by Gasteiger charge is 2.31. The summed E-state index contributed by atoms with van der Waals surface area (Å²) in [6.45, 7) is 8.20. The minimum absolute atomic E-state index is 0.141. The van der Waals surface area contributed by atoms with Crippen LogP contribution in [0.2, 0.25) is 0 Å². The van der Waals surface area contributed by atoms with E-state index >= 15 is 0 Å². The maximum Gasteiger partial charge on any atom is 0.354 e. The number of carbonyl (C=O) groups is 2. The predicted molar refractivity (Wildman–Crippen MR) is 152 cm³/mol. The van der Waals surface area contributed by atoms with Gasteiger partial charge in [0.15, 0.2) is 0 Å². The molecule has 1 saturated carbocycles. The first kappa shape index (κ1) is 28.7. The number of aromatic nitrogens is 2. The lowest BCUT2D eigenvalue weighted by Gasteiger charge is -2.37. The lowest BCUT2D eigenvalue weighted by molar-refractivity contribution is -0.137. The summed E-state index contributed by atoms with van der Waals surface area (Å²) < 4.78 is 1.45. The van der Waals surface area contributed by atoms with E-state index in [-0.39, 0.29) is 17.8 Å². The molecule has 2 aromatic rings. The molecular weight excluding hydrogens is 496 g/mol. The second-order valence-corrected chi connectivity index (χ2v) is 11.7. The van der Waals surface area contributed by atoms with Crippen molar-refractivity contribution in [2.75, 3.05) is 45.1 Å². The Kier molecular flexibility index (Phi) is 8.73. The highest BCUT2D eigenvalue weighted by Crippen LogP contribution is 2.27. The third-order valence-electron chi connectivity index (χ3n) is 7.76. The van der Waals surface area contributed by atoms with Gasteiger partial charge in [-0.1, -0.05) is 12.1 Å². The fourth-order valence-electron chi connectivity index (χ4n) is 5.19. The molecule has 0 spiro atoms. The van der Waals surface area contributed by atoms with Crippen LogP contribution < -0.4 is 22.5 Å². The van der Waals surface area contributed by atoms with Crippen molar-refractivity contribution < 1.29 is 9.59 Å². The number of hydrogen-bond acceptors (Lipinski definition) is 7. The summed E-state index contributed by atoms with van der Waals surface area (Å²) in [7, 11) is 2.16. The zero-order valence-corrected chi connectivity index (χ0v) is 23.5. The quantitative estimate of drug-likeness (QED) is 0.459. The van der Waals surface area contributed by atoms with Crippen molar-refractivity contribution in [1.82, 2.24) is 24.3 Å². The molecule has 2 fully saturated rings. The van der Waals surface area contributed by atoms with Gasteiger partial charge in [-0.25, -0.2) is 9.59 Å². The molecule has 1 aliphatic carbocycles. The van der Waals surface area contributed by atoms with E-state index < -0.39 is 11.2 Å². The average Bonchev–Trinajstić information content (AvgIpc) is 2.87. The zero-order chi connectivity index (χ0) is 28.3. The van der Waals surface area contributed by atoms with Crippen LogP contribution in [0, 0.1) is 5.92 Å². The second kappa shape index (κ2) is 11.8. The van der Waals surface area contributed by atoms with Crippen LogP contribution in [0.1, 0.15) is 39.2 Å². The summed E-state index contributed by atoms with van der Waals surface area (Å²) in [5.41, 5.74) is 12.3. The van der Waals surface area contributed by atoms with Gasteiger partial charge in [0.2, 0.25) is 5.91 Å². The minimum Gasteiger partial charge on any atom is -0.338 e. The first-order valence-electron chi connectivity index (χ1n) is 13.7. The normalized spacial score (nSPS) is 20.5. The summed E-state index contributed by atoms with van der Waals surface area (Å²) in [6.07, 6.45) is 4.76. The first-order chi connectivity index (χ1) is 18.4. The molecule has 39 heavy (non-hydrogen) atoms. The van der Waals surface area contributed by atoms with E-state index in [9.17, 15) is 14.4 Å². The number of likely N-dealkylation sites (N-methyl/N-ethyl adjacent to an activating group) is 1. The number of rotatable bonds is 8. The van der Waals surface area contributed by atoms with Gasteiger partial charge in [-0.2, -0.15) is 4.98 Å². The number of nitrogens with one attached hydrogen (secondary N) is 1. The van der Waals surface area contributed by atoms with Gasteiger partial charge < -0.3 is 26.2 Å². The predicted octanol–water partition coefficient (Wildman–Crippen LogP) is 1.25. The number of benzene rings is 1. The SMILES string of the molecule is CC(Cc1ccc(-n2ccc(NC(=O)N3CCN(C(=O)C(C)(C)N)CC3)nc2=O)cc1)N(C)C[C@H]1C[C@H](N)C1. The Balaban J connectivity index is 1.30. The maximum atomic E-state index is 12.7. The largest absolute Gasteiger partial charge is 0.354 e. The summed E-state index contributed by atoms with van der Waals surface area (Å²) in [4.78, 5) is 47.5. The van der Waals surface area contributed by atoms with Gasteiger partial charge in [0.1, 0.15) is 5.82 Å². The highest BCUT2D eigenvalue weighted by molar-refractivity contribution is 5.89. The second-order valence-electron chi connectivity index (χ2n) is 11.7. The van der Waals surface area contributed by atoms with Crippen molar-refractivity contribution in [3.8, 4) is 5.69 Å². The van der Waals surface area contributed by atoms with E-state index in [1.54, 1.807) is 35.9 Å². The van der Waals surface area contributed by atoms with Gasteiger partial charge in [-0.05, 0) is 76.8 Å². The Bertz CT molecular complexity index is 1210. The maximum absolute atomic E-state index is 12.7. The molecule has 11 nitrogen and oxygen atoms in total. The van der Waals surface area contributed by atoms with E-state index in [0.717, 1.165) is 25.8 Å². The van der Waals surface area contributed by atoms with Crippen LogP contribution in [-0.4, -0.2) is 93.6 Å². The lowest BCUT2D eigenvalue weighted by atomic mass is 9.80. The molecule has 1 aromatic carbocycles. The number of nitrogens with two attached hydrogens (primary N) is 2. The monoisotopic (exact) mass is 538 g/mol. The van der Waals surface area contributed by atoms with Crippen molar-refractivity contribution >= 4 is 17.8 Å². The lowest BCUT2D eigenvalue weighted by Crippen LogP contribution is -2.58. The molecule has 212 valence electrons. The third-order valence-corrected chi connectivity index (χ3v) is 7.76. The number of urea groups is 1. The van der Waals surface area contributed by atoms with Crippen molar-refractivity contribution in [2.24, 2.45) is 17.4 Å². The molecule has 3 amide bonds. The Morgan fingerprint density at radius 3 is 2.28 bits per heavy atom. The topological polar surface area (TPSA) is 143 Å². The number of amides is 3. The molecule has 1 aliphatic heterocycles. The number of carbonyl (C=O) groups excluding carboxylic acids is 2. The molecular formula is C28H42N8O3. The Morgan fingerprint density at radius 1 is 1.10 bits per heavy atom. The number of nitrogens with zero attached hydrogens (tertiary/aromatic N) is 5. The van der Waals surface area contributed by atoms with E-state index in [1.807, 2.05) is 24.3 Å².